The van der Waals surface area contributed by atoms with Gasteiger partial charge in [0.05, 0.1) is 37.3 Å². The highest BCUT2D eigenvalue weighted by molar-refractivity contribution is 5.88. The fraction of sp³-hybridized carbons (Fsp3) is 0.394. The van der Waals surface area contributed by atoms with E-state index in [-0.39, 0.29) is 17.9 Å². The van der Waals surface area contributed by atoms with Gasteiger partial charge in [-0.2, -0.15) is 0 Å². The van der Waals surface area contributed by atoms with E-state index in [1.807, 2.05) is 26.1 Å². The standard InChI is InChI=1S/C33H37N7O3/c1-20(2)29(39-33(42)43-3)32(41)40-15-5-7-28(40)31-35-18-25(37-31)13-9-21-8-10-23-17-24(12-11-22(23)16-21)27-19-36-30(38-27)26-6-4-14-34-26/h8,10-12,16-20,26,28-29,34H,4-7,14-15H2,1-3H3,(H,35,37)(H,36,38)(H,39,42). The third kappa shape index (κ3) is 6.13. The number of ether oxygens (including phenoxy) is 1. The van der Waals surface area contributed by atoms with E-state index in [1.165, 1.54) is 13.5 Å². The van der Waals surface area contributed by atoms with E-state index in [2.05, 4.69) is 72.7 Å². The van der Waals surface area contributed by atoms with E-state index < -0.39 is 12.1 Å². The summed E-state index contributed by atoms with van der Waals surface area (Å²) in [7, 11) is 1.29. The molecule has 2 amide bonds. The number of nitrogens with zero attached hydrogens (tertiary/aromatic N) is 3. The fourth-order valence-corrected chi connectivity index (χ4v) is 5.97. The second kappa shape index (κ2) is 12.3. The SMILES string of the molecule is COC(=O)NC(C(=O)N1CCCC1c1ncc(C#Cc2ccc3cc(-c4cnc(C5CCCN5)[nH]4)ccc3c2)[nH]1)C(C)C. The molecule has 10 heteroatoms. The summed E-state index contributed by atoms with van der Waals surface area (Å²) in [6.45, 7) is 5.45. The van der Waals surface area contributed by atoms with E-state index in [1.54, 1.807) is 11.1 Å². The normalized spacial score (nSPS) is 18.9. The van der Waals surface area contributed by atoms with Crippen molar-refractivity contribution in [3.8, 4) is 23.1 Å². The number of carbonyl (C=O) groups excluding carboxylic acids is 2. The van der Waals surface area contributed by atoms with Crippen molar-refractivity contribution in [1.82, 2.24) is 35.5 Å². The molecule has 2 aromatic carbocycles. The predicted octanol–water partition coefficient (Wildman–Crippen LogP) is 4.82. The summed E-state index contributed by atoms with van der Waals surface area (Å²) in [5.74, 6) is 7.92. The number of carbonyl (C=O) groups is 2. The molecule has 0 saturated carbocycles. The summed E-state index contributed by atoms with van der Waals surface area (Å²) in [5.41, 5.74) is 3.71. The Morgan fingerprint density at radius 3 is 2.60 bits per heavy atom. The molecule has 2 fully saturated rings. The molecule has 4 aromatic rings. The number of rotatable bonds is 6. The van der Waals surface area contributed by atoms with Crippen LogP contribution in [0, 0.1) is 17.8 Å². The topological polar surface area (TPSA) is 128 Å². The van der Waals surface area contributed by atoms with Crippen LogP contribution in [0.4, 0.5) is 4.79 Å². The summed E-state index contributed by atoms with van der Waals surface area (Å²) in [6, 6.07) is 12.0. The maximum atomic E-state index is 13.4. The third-order valence-electron chi connectivity index (χ3n) is 8.32. The van der Waals surface area contributed by atoms with E-state index in [0.717, 1.165) is 59.2 Å². The monoisotopic (exact) mass is 579 g/mol. The van der Waals surface area contributed by atoms with Crippen molar-refractivity contribution in [3.63, 3.8) is 0 Å². The lowest BCUT2D eigenvalue weighted by Crippen LogP contribution is -2.51. The second-order valence-electron chi connectivity index (χ2n) is 11.6. The molecule has 3 atom stereocenters. The zero-order valence-corrected chi connectivity index (χ0v) is 24.7. The number of H-pyrrole nitrogens is 2. The van der Waals surface area contributed by atoms with Gasteiger partial charge in [-0.15, -0.1) is 0 Å². The van der Waals surface area contributed by atoms with Crippen molar-refractivity contribution >= 4 is 22.8 Å². The van der Waals surface area contributed by atoms with Crippen molar-refractivity contribution < 1.29 is 14.3 Å². The van der Waals surface area contributed by atoms with Crippen LogP contribution in [0.1, 0.15) is 74.5 Å². The van der Waals surface area contributed by atoms with Gasteiger partial charge in [-0.25, -0.2) is 14.8 Å². The van der Waals surface area contributed by atoms with Gasteiger partial charge < -0.3 is 30.2 Å². The zero-order chi connectivity index (χ0) is 29.9. The lowest BCUT2D eigenvalue weighted by Gasteiger charge is -2.29. The van der Waals surface area contributed by atoms with Gasteiger partial charge in [0.25, 0.3) is 0 Å². The molecule has 0 radical (unpaired) electrons. The van der Waals surface area contributed by atoms with E-state index in [4.69, 9.17) is 4.74 Å². The van der Waals surface area contributed by atoms with Crippen LogP contribution in [-0.4, -0.2) is 63.1 Å². The Bertz CT molecular complexity index is 1690. The van der Waals surface area contributed by atoms with Crippen LogP contribution in [-0.2, 0) is 9.53 Å². The first-order chi connectivity index (χ1) is 20.9. The molecule has 2 aromatic heterocycles. The van der Waals surface area contributed by atoms with Crippen LogP contribution >= 0.6 is 0 Å². The lowest BCUT2D eigenvalue weighted by atomic mass is 10.0. The van der Waals surface area contributed by atoms with Crippen molar-refractivity contribution in [2.75, 3.05) is 20.2 Å². The van der Waals surface area contributed by atoms with Crippen molar-refractivity contribution in [2.45, 2.75) is 57.7 Å². The number of hydrogen-bond donors (Lipinski definition) is 4. The van der Waals surface area contributed by atoms with Crippen molar-refractivity contribution in [2.24, 2.45) is 5.92 Å². The average Bonchev–Trinajstić information content (AvgIpc) is 3.84. The Kier molecular flexibility index (Phi) is 8.16. The van der Waals surface area contributed by atoms with Crippen molar-refractivity contribution in [3.05, 3.63) is 71.7 Å². The van der Waals surface area contributed by atoms with Gasteiger partial charge in [-0.3, -0.25) is 4.79 Å². The number of benzene rings is 2. The summed E-state index contributed by atoms with van der Waals surface area (Å²) in [5, 5.41) is 8.41. The van der Waals surface area contributed by atoms with Gasteiger partial charge in [-0.05, 0) is 73.0 Å². The first-order valence-electron chi connectivity index (χ1n) is 14.9. The number of hydrogen-bond acceptors (Lipinski definition) is 6. The van der Waals surface area contributed by atoms with Crippen LogP contribution in [0.3, 0.4) is 0 Å². The zero-order valence-electron chi connectivity index (χ0n) is 24.7. The molecule has 2 saturated heterocycles. The second-order valence-corrected chi connectivity index (χ2v) is 11.6. The molecule has 2 aliphatic rings. The van der Waals surface area contributed by atoms with Gasteiger partial charge in [0.1, 0.15) is 23.4 Å². The van der Waals surface area contributed by atoms with Crippen molar-refractivity contribution in [1.29, 1.82) is 0 Å². The number of aromatic nitrogens is 4. The molecule has 4 N–H and O–H groups in total. The number of methoxy groups -OCH3 is 1. The summed E-state index contributed by atoms with van der Waals surface area (Å²) in [4.78, 5) is 43.0. The minimum atomic E-state index is -0.669. The van der Waals surface area contributed by atoms with E-state index in [0.29, 0.717) is 24.1 Å². The molecule has 0 bridgehead atoms. The third-order valence-corrected chi connectivity index (χ3v) is 8.32. The molecular formula is C33H37N7O3. The number of imidazole rings is 2. The number of fused-ring (bicyclic) bond motifs is 1. The molecule has 222 valence electrons. The highest BCUT2D eigenvalue weighted by Gasteiger charge is 2.37. The van der Waals surface area contributed by atoms with E-state index in [9.17, 15) is 9.59 Å². The molecule has 4 heterocycles. The van der Waals surface area contributed by atoms with Gasteiger partial charge in [-0.1, -0.05) is 38.0 Å². The van der Waals surface area contributed by atoms with Gasteiger partial charge >= 0.3 is 6.09 Å². The highest BCUT2D eigenvalue weighted by atomic mass is 16.5. The average molecular weight is 580 g/mol. The summed E-state index contributed by atoms with van der Waals surface area (Å²) < 4.78 is 4.73. The first kappa shape index (κ1) is 28.5. The molecule has 6 rings (SSSR count). The number of amides is 2. The minimum Gasteiger partial charge on any atom is -0.453 e. The molecule has 10 nitrogen and oxygen atoms in total. The molecule has 0 aliphatic carbocycles. The molecule has 3 unspecified atom stereocenters. The number of aromatic amines is 2. The molecule has 2 aliphatic heterocycles. The van der Waals surface area contributed by atoms with Crippen LogP contribution in [0.2, 0.25) is 0 Å². The maximum Gasteiger partial charge on any atom is 0.407 e. The molecule has 0 spiro atoms. The van der Waals surface area contributed by atoms with Crippen LogP contribution in [0.5, 0.6) is 0 Å². The maximum absolute atomic E-state index is 13.4. The van der Waals surface area contributed by atoms with Gasteiger partial charge in [0.2, 0.25) is 5.91 Å². The largest absolute Gasteiger partial charge is 0.453 e. The Balaban J connectivity index is 1.15. The number of alkyl carbamates (subject to hydrolysis) is 1. The minimum absolute atomic E-state index is 0.0862. The predicted molar refractivity (Wildman–Crippen MR) is 164 cm³/mol. The van der Waals surface area contributed by atoms with Gasteiger partial charge in [0.15, 0.2) is 0 Å². The summed E-state index contributed by atoms with van der Waals surface area (Å²) in [6.07, 6.45) is 6.96. The van der Waals surface area contributed by atoms with Gasteiger partial charge in [0, 0.05) is 17.7 Å². The van der Waals surface area contributed by atoms with Crippen LogP contribution in [0.25, 0.3) is 22.0 Å². The quantitative estimate of drug-likeness (QED) is 0.243. The first-order valence-corrected chi connectivity index (χ1v) is 14.9. The Hall–Kier alpha value is -4.62. The highest BCUT2D eigenvalue weighted by Crippen LogP contribution is 2.31. The summed E-state index contributed by atoms with van der Waals surface area (Å²) >= 11 is 0. The number of nitrogens with one attached hydrogen (secondary N) is 4. The number of likely N-dealkylation sites (tertiary alicyclic amines) is 1. The smallest absolute Gasteiger partial charge is 0.407 e. The van der Waals surface area contributed by atoms with E-state index >= 15 is 0 Å². The Morgan fingerprint density at radius 2 is 1.81 bits per heavy atom. The Morgan fingerprint density at radius 1 is 1.00 bits per heavy atom. The van der Waals surface area contributed by atoms with Crippen LogP contribution in [0.15, 0.2) is 48.8 Å². The lowest BCUT2D eigenvalue weighted by molar-refractivity contribution is -0.135. The fourth-order valence-electron chi connectivity index (χ4n) is 5.97. The van der Waals surface area contributed by atoms with Crippen LogP contribution < -0.4 is 10.6 Å². The Labute approximate surface area is 251 Å². The molecular weight excluding hydrogens is 542 g/mol. The molecule has 43 heavy (non-hydrogen) atoms.